The number of nitrogens with zero attached hydrogens (tertiary/aromatic N) is 5. The van der Waals surface area contributed by atoms with E-state index in [2.05, 4.69) is 20.5 Å². The molecule has 2 aromatic rings. The summed E-state index contributed by atoms with van der Waals surface area (Å²) in [7, 11) is 0. The van der Waals surface area contributed by atoms with Gasteiger partial charge in [-0.1, -0.05) is 30.7 Å². The lowest BCUT2D eigenvalue weighted by Crippen LogP contribution is -2.47. The number of likely N-dealkylation sites (tertiary alicyclic amines) is 1. The molecule has 166 valence electrons. The Morgan fingerprint density at radius 1 is 1.26 bits per heavy atom. The van der Waals surface area contributed by atoms with Gasteiger partial charge in [-0.05, 0) is 31.4 Å². The van der Waals surface area contributed by atoms with E-state index in [0.717, 1.165) is 36.4 Å². The first-order chi connectivity index (χ1) is 15.1. The van der Waals surface area contributed by atoms with Crippen LogP contribution in [0.5, 0.6) is 0 Å². The van der Waals surface area contributed by atoms with Crippen molar-refractivity contribution >= 4 is 34.1 Å². The maximum atomic E-state index is 12.9. The van der Waals surface area contributed by atoms with Gasteiger partial charge in [0.1, 0.15) is 16.9 Å². The van der Waals surface area contributed by atoms with Gasteiger partial charge in [0.05, 0.1) is 25.4 Å². The van der Waals surface area contributed by atoms with Crippen molar-refractivity contribution in [2.75, 3.05) is 38.1 Å². The second-order valence-corrected chi connectivity index (χ2v) is 8.81. The van der Waals surface area contributed by atoms with E-state index in [9.17, 15) is 9.59 Å². The van der Waals surface area contributed by atoms with Crippen LogP contribution >= 0.6 is 11.3 Å². The SMILES string of the molecule is CCc1nnc(Nc2cccc([C@H]3CN(C(=O)CN4CCCCCC4=O)CCO3)n2)s1. The third-order valence-corrected chi connectivity index (χ3v) is 6.50. The Bertz CT molecular complexity index is 920. The standard InChI is InChI=1S/C21H28N6O3S/c1-2-18-24-25-21(31-18)23-17-8-6-7-15(22-17)16-13-27(11-12-30-16)20(29)14-26-10-5-3-4-9-19(26)28/h6-8,16H,2-5,9-14H2,1H3,(H,22,23,25)/t16-/m1/s1. The van der Waals surface area contributed by atoms with Gasteiger partial charge in [0, 0.05) is 19.5 Å². The van der Waals surface area contributed by atoms with E-state index in [4.69, 9.17) is 4.74 Å². The van der Waals surface area contributed by atoms with Crippen LogP contribution < -0.4 is 5.32 Å². The molecule has 4 heterocycles. The molecule has 1 N–H and O–H groups in total. The number of carbonyl (C=O) groups is 2. The summed E-state index contributed by atoms with van der Waals surface area (Å²) in [6.45, 7) is 4.26. The predicted octanol–water partition coefficient (Wildman–Crippen LogP) is 2.54. The molecule has 0 aromatic carbocycles. The van der Waals surface area contributed by atoms with E-state index < -0.39 is 0 Å². The highest BCUT2D eigenvalue weighted by Crippen LogP contribution is 2.25. The molecule has 2 aromatic heterocycles. The first-order valence-electron chi connectivity index (χ1n) is 10.9. The molecule has 0 spiro atoms. The van der Waals surface area contributed by atoms with Crippen LogP contribution in [0.4, 0.5) is 10.9 Å². The third-order valence-electron chi connectivity index (χ3n) is 5.52. The summed E-state index contributed by atoms with van der Waals surface area (Å²) in [4.78, 5) is 33.2. The van der Waals surface area contributed by atoms with E-state index in [1.807, 2.05) is 25.1 Å². The molecule has 0 unspecified atom stereocenters. The van der Waals surface area contributed by atoms with E-state index in [1.165, 1.54) is 11.3 Å². The summed E-state index contributed by atoms with van der Waals surface area (Å²) in [5.41, 5.74) is 0.758. The zero-order valence-corrected chi connectivity index (χ0v) is 18.6. The van der Waals surface area contributed by atoms with Crippen molar-refractivity contribution in [1.29, 1.82) is 0 Å². The zero-order valence-electron chi connectivity index (χ0n) is 17.7. The highest BCUT2D eigenvalue weighted by molar-refractivity contribution is 7.15. The zero-order chi connectivity index (χ0) is 21.6. The van der Waals surface area contributed by atoms with E-state index in [0.29, 0.717) is 43.6 Å². The van der Waals surface area contributed by atoms with Crippen molar-refractivity contribution in [3.63, 3.8) is 0 Å². The van der Waals surface area contributed by atoms with Gasteiger partial charge in [-0.3, -0.25) is 9.59 Å². The lowest BCUT2D eigenvalue weighted by molar-refractivity contribution is -0.145. The molecule has 10 heteroatoms. The van der Waals surface area contributed by atoms with E-state index in [1.54, 1.807) is 9.80 Å². The fourth-order valence-corrected chi connectivity index (χ4v) is 4.47. The minimum Gasteiger partial charge on any atom is -0.368 e. The van der Waals surface area contributed by atoms with Crippen LogP contribution in [0, 0.1) is 0 Å². The van der Waals surface area contributed by atoms with E-state index >= 15 is 0 Å². The summed E-state index contributed by atoms with van der Waals surface area (Å²) in [6, 6.07) is 5.68. The number of morpholine rings is 1. The average molecular weight is 445 g/mol. The molecule has 0 aliphatic carbocycles. The number of ether oxygens (including phenoxy) is 1. The van der Waals surface area contributed by atoms with Crippen LogP contribution in [0.15, 0.2) is 18.2 Å². The molecule has 9 nitrogen and oxygen atoms in total. The number of pyridine rings is 1. The Hall–Kier alpha value is -2.59. The fourth-order valence-electron chi connectivity index (χ4n) is 3.78. The fraction of sp³-hybridized carbons (Fsp3) is 0.571. The first-order valence-corrected chi connectivity index (χ1v) is 11.7. The van der Waals surface area contributed by atoms with Crippen molar-refractivity contribution in [3.8, 4) is 0 Å². The smallest absolute Gasteiger partial charge is 0.242 e. The Morgan fingerprint density at radius 2 is 2.16 bits per heavy atom. The van der Waals surface area contributed by atoms with Crippen molar-refractivity contribution in [2.45, 2.75) is 45.1 Å². The van der Waals surface area contributed by atoms with Gasteiger partial charge in [0.2, 0.25) is 16.9 Å². The van der Waals surface area contributed by atoms with Gasteiger partial charge >= 0.3 is 0 Å². The number of carbonyl (C=O) groups excluding carboxylic acids is 2. The van der Waals surface area contributed by atoms with Gasteiger partial charge < -0.3 is 19.9 Å². The number of hydrogen-bond donors (Lipinski definition) is 1. The van der Waals surface area contributed by atoms with Gasteiger partial charge in [-0.2, -0.15) is 0 Å². The molecule has 2 aliphatic rings. The topological polar surface area (TPSA) is 101 Å². The summed E-state index contributed by atoms with van der Waals surface area (Å²) in [5, 5.41) is 13.1. The number of aromatic nitrogens is 3. The number of hydrogen-bond acceptors (Lipinski definition) is 8. The van der Waals surface area contributed by atoms with Crippen molar-refractivity contribution < 1.29 is 14.3 Å². The molecular weight excluding hydrogens is 416 g/mol. The van der Waals surface area contributed by atoms with Crippen LogP contribution in [-0.4, -0.2) is 69.6 Å². The van der Waals surface area contributed by atoms with Crippen LogP contribution in [0.25, 0.3) is 0 Å². The van der Waals surface area contributed by atoms with Crippen LogP contribution in [-0.2, 0) is 20.7 Å². The van der Waals surface area contributed by atoms with Crippen molar-refractivity contribution in [3.05, 3.63) is 28.9 Å². The average Bonchev–Trinajstić information content (AvgIpc) is 3.16. The van der Waals surface area contributed by atoms with Crippen LogP contribution in [0.3, 0.4) is 0 Å². The Kier molecular flexibility index (Phi) is 7.08. The van der Waals surface area contributed by atoms with Crippen molar-refractivity contribution in [2.24, 2.45) is 0 Å². The second-order valence-electron chi connectivity index (χ2n) is 7.75. The third kappa shape index (κ3) is 5.56. The van der Waals surface area contributed by atoms with E-state index in [-0.39, 0.29) is 24.5 Å². The lowest BCUT2D eigenvalue weighted by atomic mass is 10.2. The lowest BCUT2D eigenvalue weighted by Gasteiger charge is -2.34. The maximum absolute atomic E-state index is 12.9. The molecule has 2 fully saturated rings. The summed E-state index contributed by atoms with van der Waals surface area (Å²) < 4.78 is 5.91. The number of aryl methyl sites for hydroxylation is 1. The quantitative estimate of drug-likeness (QED) is 0.731. The van der Waals surface area contributed by atoms with Gasteiger partial charge in [0.25, 0.3) is 0 Å². The van der Waals surface area contributed by atoms with Crippen LogP contribution in [0.2, 0.25) is 0 Å². The van der Waals surface area contributed by atoms with Gasteiger partial charge in [-0.25, -0.2) is 4.98 Å². The monoisotopic (exact) mass is 444 g/mol. The highest BCUT2D eigenvalue weighted by atomic mass is 32.1. The number of rotatable bonds is 6. The molecule has 1 atom stereocenters. The largest absolute Gasteiger partial charge is 0.368 e. The van der Waals surface area contributed by atoms with Crippen LogP contribution in [0.1, 0.15) is 49.4 Å². The predicted molar refractivity (Wildman–Crippen MR) is 117 cm³/mol. The minimum absolute atomic E-state index is 0.0289. The molecular formula is C21H28N6O3S. The maximum Gasteiger partial charge on any atom is 0.242 e. The minimum atomic E-state index is -0.306. The molecule has 2 aliphatic heterocycles. The molecule has 31 heavy (non-hydrogen) atoms. The Balaban J connectivity index is 1.38. The summed E-state index contributed by atoms with van der Waals surface area (Å²) >= 11 is 1.50. The molecule has 0 saturated carbocycles. The summed E-state index contributed by atoms with van der Waals surface area (Å²) in [6.07, 6.45) is 3.99. The number of nitrogens with one attached hydrogen (secondary N) is 1. The number of amides is 2. The van der Waals surface area contributed by atoms with Gasteiger partial charge in [0.15, 0.2) is 0 Å². The number of anilines is 2. The second kappa shape index (κ2) is 10.1. The molecule has 2 saturated heterocycles. The molecule has 0 bridgehead atoms. The molecule has 0 radical (unpaired) electrons. The summed E-state index contributed by atoms with van der Waals surface area (Å²) in [5.74, 6) is 0.719. The Morgan fingerprint density at radius 3 is 3.00 bits per heavy atom. The van der Waals surface area contributed by atoms with Gasteiger partial charge in [-0.15, -0.1) is 10.2 Å². The first kappa shape index (κ1) is 21.6. The normalized spacial score (nSPS) is 19.9. The Labute approximate surface area is 185 Å². The molecule has 4 rings (SSSR count). The highest BCUT2D eigenvalue weighted by Gasteiger charge is 2.28. The van der Waals surface area contributed by atoms with Crippen molar-refractivity contribution in [1.82, 2.24) is 25.0 Å². The molecule has 2 amide bonds.